The summed E-state index contributed by atoms with van der Waals surface area (Å²) in [7, 11) is -1.46. The number of benzene rings is 3. The van der Waals surface area contributed by atoms with Gasteiger partial charge in [-0.25, -0.2) is 9.78 Å². The number of methoxy groups -OCH3 is 2. The van der Waals surface area contributed by atoms with Crippen molar-refractivity contribution in [3.8, 4) is 11.5 Å². The minimum absolute atomic E-state index is 0.0499. The van der Waals surface area contributed by atoms with Gasteiger partial charge in [0.15, 0.2) is 26.5 Å². The molecule has 298 valence electrons. The topological polar surface area (TPSA) is 126 Å². The Morgan fingerprint density at radius 2 is 1.31 bits per heavy atom. The van der Waals surface area contributed by atoms with Crippen molar-refractivity contribution in [2.45, 2.75) is 105 Å². The number of hydrogen-bond acceptors (Lipinski definition) is 10. The summed E-state index contributed by atoms with van der Waals surface area (Å²) in [5, 5.41) is 15.6. The first-order valence-corrected chi connectivity index (χ1v) is 25.4. The number of halogens is 1. The summed E-state index contributed by atoms with van der Waals surface area (Å²) in [5.41, 5.74) is 0.943. The zero-order valence-electron chi connectivity index (χ0n) is 34.1. The standard InChI is InChI=1S/C41H57IN4O7Si2/c1-38(2,3)54(9,10)51-26-33-41(42,48)34(53-55(11,12)39(4,5)6)35(52-33)46-27-43-36(44-37(46)47)45-40(28-16-14-13-15-17-28,29-18-22-31(49-7)23-19-29)30-20-24-32(50-8)25-21-30/h13-25,27,33-35,48H,26H2,1-12H3,(H,44,45,47)/t33-,34+,35-,41+/m1/s1. The molecule has 1 fully saturated rings. The highest BCUT2D eigenvalue weighted by Gasteiger charge is 2.59. The molecular formula is C41H57IN4O7Si2. The average Bonchev–Trinajstić information content (AvgIpc) is 3.37. The van der Waals surface area contributed by atoms with Gasteiger partial charge in [0.2, 0.25) is 5.95 Å². The first kappa shape index (κ1) is 43.0. The Morgan fingerprint density at radius 1 is 0.818 bits per heavy atom. The van der Waals surface area contributed by atoms with Crippen LogP contribution in [0.4, 0.5) is 5.95 Å². The Bertz CT molecular complexity index is 1910. The number of alkyl halides is 1. The van der Waals surface area contributed by atoms with Crippen molar-refractivity contribution in [3.05, 3.63) is 112 Å². The summed E-state index contributed by atoms with van der Waals surface area (Å²) in [5.74, 6) is 1.50. The minimum Gasteiger partial charge on any atom is -0.497 e. The number of nitrogens with zero attached hydrogens (tertiary/aromatic N) is 3. The van der Waals surface area contributed by atoms with Crippen molar-refractivity contribution >= 4 is 45.2 Å². The van der Waals surface area contributed by atoms with Crippen molar-refractivity contribution in [1.29, 1.82) is 0 Å². The lowest BCUT2D eigenvalue weighted by Gasteiger charge is -2.42. The van der Waals surface area contributed by atoms with Gasteiger partial charge >= 0.3 is 5.69 Å². The van der Waals surface area contributed by atoms with Crippen LogP contribution in [0.25, 0.3) is 0 Å². The second kappa shape index (κ2) is 16.0. The van der Waals surface area contributed by atoms with Crippen LogP contribution in [0.15, 0.2) is 90.0 Å². The molecule has 0 unspecified atom stereocenters. The Kier molecular flexibility index (Phi) is 12.5. The van der Waals surface area contributed by atoms with Gasteiger partial charge in [0, 0.05) is 0 Å². The van der Waals surface area contributed by atoms with Crippen LogP contribution in [0, 0.1) is 0 Å². The van der Waals surface area contributed by atoms with Crippen LogP contribution in [-0.4, -0.2) is 72.9 Å². The van der Waals surface area contributed by atoms with E-state index >= 15 is 0 Å². The molecule has 0 spiro atoms. The highest BCUT2D eigenvalue weighted by molar-refractivity contribution is 14.1. The van der Waals surface area contributed by atoms with Crippen molar-refractivity contribution in [3.63, 3.8) is 0 Å². The van der Waals surface area contributed by atoms with Crippen molar-refractivity contribution in [2.75, 3.05) is 26.1 Å². The van der Waals surface area contributed by atoms with Gasteiger partial charge in [-0.05, 0) is 99.8 Å². The first-order valence-electron chi connectivity index (χ1n) is 18.5. The number of ether oxygens (including phenoxy) is 3. The highest BCUT2D eigenvalue weighted by Crippen LogP contribution is 2.49. The van der Waals surface area contributed by atoms with E-state index < -0.39 is 49.9 Å². The Hall–Kier alpha value is -3.13. The van der Waals surface area contributed by atoms with E-state index in [1.165, 1.54) is 10.9 Å². The third kappa shape index (κ3) is 8.75. The van der Waals surface area contributed by atoms with E-state index in [2.05, 4.69) is 78.0 Å². The zero-order valence-corrected chi connectivity index (χ0v) is 38.3. The van der Waals surface area contributed by atoms with Crippen molar-refractivity contribution in [1.82, 2.24) is 14.5 Å². The van der Waals surface area contributed by atoms with Gasteiger partial charge in [0.25, 0.3) is 0 Å². The Morgan fingerprint density at radius 3 is 1.76 bits per heavy atom. The van der Waals surface area contributed by atoms with Crippen LogP contribution in [0.2, 0.25) is 36.3 Å². The lowest BCUT2D eigenvalue weighted by Crippen LogP contribution is -2.54. The van der Waals surface area contributed by atoms with E-state index in [4.69, 9.17) is 28.0 Å². The second-order valence-corrected chi connectivity index (χ2v) is 28.5. The molecule has 5 rings (SSSR count). The molecule has 1 saturated heterocycles. The van der Waals surface area contributed by atoms with Crippen LogP contribution < -0.4 is 20.5 Å². The maximum Gasteiger partial charge on any atom is 0.354 e. The SMILES string of the molecule is COc1ccc(C(Nc2ncn([C@@H]3O[C@H](CO[Si](C)(C)C(C)(C)C)[C@@](O)(I)[C@H]3O[Si](C)(C)C(C)(C)C)c(=O)n2)(c2ccccc2)c2ccc(OC)cc2)cc1. The van der Waals surface area contributed by atoms with Crippen LogP contribution in [0.5, 0.6) is 11.5 Å². The number of rotatable bonds is 13. The molecule has 4 atom stereocenters. The molecule has 2 heterocycles. The molecule has 0 amide bonds. The van der Waals surface area contributed by atoms with Gasteiger partial charge < -0.3 is 33.5 Å². The van der Waals surface area contributed by atoms with Crippen molar-refractivity contribution in [2.24, 2.45) is 0 Å². The molecule has 2 N–H and O–H groups in total. The molecule has 0 bridgehead atoms. The summed E-state index contributed by atoms with van der Waals surface area (Å²) in [4.78, 5) is 23.5. The fourth-order valence-corrected chi connectivity index (χ4v) is 9.34. The molecular weight excluding hydrogens is 844 g/mol. The summed E-state index contributed by atoms with van der Waals surface area (Å²) in [6.45, 7) is 21.6. The van der Waals surface area contributed by atoms with Crippen LogP contribution in [0.1, 0.15) is 64.5 Å². The van der Waals surface area contributed by atoms with Gasteiger partial charge in [0.1, 0.15) is 35.6 Å². The van der Waals surface area contributed by atoms with Gasteiger partial charge in [0.05, 0.1) is 20.8 Å². The lowest BCUT2D eigenvalue weighted by atomic mass is 9.77. The van der Waals surface area contributed by atoms with Crippen LogP contribution in [-0.2, 0) is 19.1 Å². The van der Waals surface area contributed by atoms with Gasteiger partial charge in [-0.3, -0.25) is 4.57 Å². The normalized spacial score (nSPS) is 21.0. The fourth-order valence-electron chi connectivity index (χ4n) is 6.05. The fraction of sp³-hybridized carbons (Fsp3) is 0.488. The van der Waals surface area contributed by atoms with Gasteiger partial charge in [-0.15, -0.1) is 0 Å². The molecule has 4 aromatic rings. The molecule has 55 heavy (non-hydrogen) atoms. The number of nitrogens with one attached hydrogen (secondary N) is 1. The maximum atomic E-state index is 14.3. The predicted octanol–water partition coefficient (Wildman–Crippen LogP) is 8.49. The van der Waals surface area contributed by atoms with Gasteiger partial charge in [-0.2, -0.15) is 4.98 Å². The second-order valence-electron chi connectivity index (χ2n) is 17.2. The Labute approximate surface area is 341 Å². The average molecular weight is 901 g/mol. The van der Waals surface area contributed by atoms with Crippen molar-refractivity contribution < 1.29 is 28.2 Å². The summed E-state index contributed by atoms with van der Waals surface area (Å²) < 4.78 is 30.9. The molecule has 1 aliphatic rings. The smallest absolute Gasteiger partial charge is 0.354 e. The molecule has 0 aliphatic carbocycles. The van der Waals surface area contributed by atoms with E-state index in [-0.39, 0.29) is 22.6 Å². The number of aromatic nitrogens is 3. The third-order valence-corrected chi connectivity index (χ3v) is 21.9. The summed E-state index contributed by atoms with van der Waals surface area (Å²) in [6, 6.07) is 25.4. The molecule has 0 radical (unpaired) electrons. The van der Waals surface area contributed by atoms with E-state index in [1.54, 1.807) is 14.2 Å². The minimum atomic E-state index is -2.50. The van der Waals surface area contributed by atoms with E-state index in [9.17, 15) is 9.90 Å². The van der Waals surface area contributed by atoms with E-state index in [0.29, 0.717) is 11.5 Å². The molecule has 1 aliphatic heterocycles. The third-order valence-electron chi connectivity index (χ3n) is 11.6. The number of anilines is 1. The number of aliphatic hydroxyl groups is 1. The van der Waals surface area contributed by atoms with Crippen LogP contribution in [0.3, 0.4) is 0 Å². The highest BCUT2D eigenvalue weighted by atomic mass is 127. The molecule has 14 heteroatoms. The largest absolute Gasteiger partial charge is 0.497 e. The monoisotopic (exact) mass is 900 g/mol. The Balaban J connectivity index is 1.60. The first-order chi connectivity index (χ1) is 25.6. The zero-order chi connectivity index (χ0) is 40.6. The van der Waals surface area contributed by atoms with Crippen LogP contribution >= 0.6 is 22.6 Å². The van der Waals surface area contributed by atoms with E-state index in [1.807, 2.05) is 101 Å². The molecule has 1 aromatic heterocycles. The predicted molar refractivity (Wildman–Crippen MR) is 230 cm³/mol. The lowest BCUT2D eigenvalue weighted by molar-refractivity contribution is -0.0528. The quantitative estimate of drug-likeness (QED) is 0.0584. The molecule has 0 saturated carbocycles. The van der Waals surface area contributed by atoms with Gasteiger partial charge in [-0.1, -0.05) is 96.1 Å². The van der Waals surface area contributed by atoms with E-state index in [0.717, 1.165) is 16.7 Å². The summed E-state index contributed by atoms with van der Waals surface area (Å²) >= 11 is 2.02. The summed E-state index contributed by atoms with van der Waals surface area (Å²) in [6.07, 6.45) is -1.30. The molecule has 3 aromatic carbocycles. The number of hydrogen-bond donors (Lipinski definition) is 2. The maximum absolute atomic E-state index is 14.3. The molecule has 11 nitrogen and oxygen atoms in total.